The minimum absolute atomic E-state index is 0.0336. The molecule has 1 saturated carbocycles. The van der Waals surface area contributed by atoms with Gasteiger partial charge in [-0.1, -0.05) is 29.3 Å². The molecule has 1 N–H and O–H groups in total. The summed E-state index contributed by atoms with van der Waals surface area (Å²) in [6.07, 6.45) is -0.760. The van der Waals surface area contributed by atoms with Crippen LogP contribution in [0.25, 0.3) is 0 Å². The average Bonchev–Trinajstić information content (AvgIpc) is 3.34. The summed E-state index contributed by atoms with van der Waals surface area (Å²) in [5, 5.41) is 20.6. The van der Waals surface area contributed by atoms with E-state index in [1.165, 1.54) is 36.7 Å². The number of hydrogen-bond donors (Lipinski definition) is 1. The van der Waals surface area contributed by atoms with Crippen molar-refractivity contribution in [1.29, 1.82) is 0 Å². The third-order valence-electron chi connectivity index (χ3n) is 6.57. The second-order valence-corrected chi connectivity index (χ2v) is 9.94. The first-order valence-electron chi connectivity index (χ1n) is 11.9. The lowest BCUT2D eigenvalue weighted by atomic mass is 9.86. The van der Waals surface area contributed by atoms with Crippen LogP contribution in [-0.4, -0.2) is 54.2 Å². The predicted octanol–water partition coefficient (Wildman–Crippen LogP) is 5.34. The topological polar surface area (TPSA) is 118 Å². The molecule has 0 atom stereocenters. The summed E-state index contributed by atoms with van der Waals surface area (Å²) >= 11 is 12.3. The number of halogens is 5. The van der Waals surface area contributed by atoms with Gasteiger partial charge in [-0.2, -0.15) is 28.5 Å². The summed E-state index contributed by atoms with van der Waals surface area (Å²) in [5.41, 5.74) is -1.63. The Balaban J connectivity index is 1.69. The number of aromatic nitrogens is 4. The molecule has 1 aliphatic carbocycles. The van der Waals surface area contributed by atoms with Crippen LogP contribution >= 0.6 is 23.2 Å². The minimum atomic E-state index is -4.95. The number of benzene rings is 1. The van der Waals surface area contributed by atoms with Crippen molar-refractivity contribution in [2.24, 2.45) is 5.92 Å². The number of carboxylic acid groups (broad SMARTS) is 1. The summed E-state index contributed by atoms with van der Waals surface area (Å²) in [4.78, 5) is 39.0. The molecule has 1 aromatic carbocycles. The van der Waals surface area contributed by atoms with Gasteiger partial charge in [0.1, 0.15) is 0 Å². The van der Waals surface area contributed by atoms with Gasteiger partial charge in [0.05, 0.1) is 52.1 Å². The van der Waals surface area contributed by atoms with E-state index in [2.05, 4.69) is 15.3 Å². The first-order valence-corrected chi connectivity index (χ1v) is 12.6. The number of amides is 1. The highest BCUT2D eigenvalue weighted by Gasteiger charge is 2.43. The summed E-state index contributed by atoms with van der Waals surface area (Å²) in [6, 6.07) is 5.17. The van der Waals surface area contributed by atoms with Crippen LogP contribution in [0.5, 0.6) is 0 Å². The number of rotatable bonds is 8. The van der Waals surface area contributed by atoms with Gasteiger partial charge in [-0.15, -0.1) is 0 Å². The van der Waals surface area contributed by atoms with Gasteiger partial charge >= 0.3 is 12.1 Å². The number of hydrogen-bond acceptors (Lipinski definition) is 6. The van der Waals surface area contributed by atoms with Crippen LogP contribution < -0.4 is 0 Å². The molecular formula is C25H22Cl2F3N5O4. The Kier molecular flexibility index (Phi) is 8.55. The van der Waals surface area contributed by atoms with E-state index in [-0.39, 0.29) is 47.8 Å². The molecule has 2 aromatic heterocycles. The van der Waals surface area contributed by atoms with Crippen molar-refractivity contribution in [3.05, 3.63) is 75.3 Å². The van der Waals surface area contributed by atoms with E-state index < -0.39 is 53.6 Å². The normalized spacial score (nSPS) is 17.6. The zero-order chi connectivity index (χ0) is 28.3. The Morgan fingerprint density at radius 2 is 1.69 bits per heavy atom. The van der Waals surface area contributed by atoms with Crippen LogP contribution in [0.2, 0.25) is 10.0 Å². The summed E-state index contributed by atoms with van der Waals surface area (Å²) in [5.74, 6) is -3.39. The third-order valence-corrected chi connectivity index (χ3v) is 7.20. The Morgan fingerprint density at radius 3 is 2.26 bits per heavy atom. The lowest BCUT2D eigenvalue weighted by molar-refractivity contribution is -0.147. The maximum absolute atomic E-state index is 14.3. The van der Waals surface area contributed by atoms with E-state index in [1.54, 1.807) is 0 Å². The lowest BCUT2D eigenvalue weighted by Gasteiger charge is -2.28. The van der Waals surface area contributed by atoms with Crippen molar-refractivity contribution in [3.8, 4) is 0 Å². The number of carboxylic acids is 1. The molecule has 0 spiro atoms. The molecule has 3 aromatic rings. The molecular weight excluding hydrogens is 562 g/mol. The summed E-state index contributed by atoms with van der Waals surface area (Å²) < 4.78 is 43.8. The number of nitrogens with zero attached hydrogens (tertiary/aromatic N) is 5. The highest BCUT2D eigenvalue weighted by atomic mass is 35.5. The first-order chi connectivity index (χ1) is 18.5. The fourth-order valence-electron chi connectivity index (χ4n) is 4.66. The molecule has 39 heavy (non-hydrogen) atoms. The standard InChI is InChI=1S/C25H22Cl2F3N5O4/c26-18-2-1-3-19(27)21(18)20(36)13-34(12-14-8-9-31-32-10-14)23(37)17-11-33-35(22(17)25(28,29)30)16-6-4-15(5-7-16)24(38)39/h1-3,8-11,15-16H,4-7,12-13H2,(H,38,39). The van der Waals surface area contributed by atoms with Crippen molar-refractivity contribution in [1.82, 2.24) is 24.9 Å². The van der Waals surface area contributed by atoms with Crippen molar-refractivity contribution in [2.75, 3.05) is 6.54 Å². The number of Topliss-reactive ketones (excluding diaryl/α,β-unsaturated/α-hetero) is 1. The van der Waals surface area contributed by atoms with Crippen molar-refractivity contribution >= 4 is 40.9 Å². The molecule has 1 aliphatic rings. The van der Waals surface area contributed by atoms with Crippen LogP contribution in [0.3, 0.4) is 0 Å². The van der Waals surface area contributed by atoms with Crippen LogP contribution in [0.1, 0.15) is 63.7 Å². The minimum Gasteiger partial charge on any atom is -0.481 e. The zero-order valence-corrected chi connectivity index (χ0v) is 21.7. The molecule has 0 aliphatic heterocycles. The molecule has 4 rings (SSSR count). The second kappa shape index (κ2) is 11.7. The Labute approximate surface area is 230 Å². The monoisotopic (exact) mass is 583 g/mol. The van der Waals surface area contributed by atoms with Crippen LogP contribution in [0.4, 0.5) is 13.2 Å². The number of aliphatic carboxylic acids is 1. The Morgan fingerprint density at radius 1 is 1.03 bits per heavy atom. The van der Waals surface area contributed by atoms with Crippen molar-refractivity contribution in [2.45, 2.75) is 44.4 Å². The highest BCUT2D eigenvalue weighted by molar-refractivity contribution is 6.40. The van der Waals surface area contributed by atoms with Gasteiger partial charge in [0.2, 0.25) is 0 Å². The largest absolute Gasteiger partial charge is 0.481 e. The fraction of sp³-hybridized carbons (Fsp3) is 0.360. The van der Waals surface area contributed by atoms with Gasteiger partial charge in [-0.05, 0) is 49.4 Å². The van der Waals surface area contributed by atoms with Gasteiger partial charge in [0.15, 0.2) is 11.5 Å². The smallest absolute Gasteiger partial charge is 0.433 e. The van der Waals surface area contributed by atoms with Crippen LogP contribution in [0, 0.1) is 5.92 Å². The number of carbonyl (C=O) groups excluding carboxylic acids is 2. The Hall–Kier alpha value is -3.51. The maximum atomic E-state index is 14.3. The van der Waals surface area contributed by atoms with E-state index in [9.17, 15) is 32.7 Å². The lowest BCUT2D eigenvalue weighted by Crippen LogP contribution is -2.37. The predicted molar refractivity (Wildman–Crippen MR) is 133 cm³/mol. The summed E-state index contributed by atoms with van der Waals surface area (Å²) in [6.45, 7) is -0.884. The molecule has 2 heterocycles. The van der Waals surface area contributed by atoms with Gasteiger partial charge < -0.3 is 10.0 Å². The number of ketones is 1. The number of carbonyl (C=O) groups is 3. The molecule has 0 radical (unpaired) electrons. The SMILES string of the molecule is O=C(CN(Cc1ccnnc1)C(=O)c1cnn(C2CCC(C(=O)O)CC2)c1C(F)(F)F)c1c(Cl)cccc1Cl. The van der Waals surface area contributed by atoms with E-state index in [0.29, 0.717) is 5.56 Å². The van der Waals surface area contributed by atoms with Crippen molar-refractivity contribution in [3.63, 3.8) is 0 Å². The highest BCUT2D eigenvalue weighted by Crippen LogP contribution is 2.39. The molecule has 206 valence electrons. The Bertz CT molecular complexity index is 1360. The van der Waals surface area contributed by atoms with Gasteiger partial charge in [0, 0.05) is 12.7 Å². The third kappa shape index (κ3) is 6.39. The van der Waals surface area contributed by atoms with Crippen LogP contribution in [-0.2, 0) is 17.5 Å². The fourth-order valence-corrected chi connectivity index (χ4v) is 5.27. The van der Waals surface area contributed by atoms with Crippen molar-refractivity contribution < 1.29 is 32.7 Å². The second-order valence-electron chi connectivity index (χ2n) is 9.12. The quantitative estimate of drug-likeness (QED) is 0.355. The first kappa shape index (κ1) is 28.5. The van der Waals surface area contributed by atoms with Crippen LogP contribution in [0.15, 0.2) is 42.9 Å². The van der Waals surface area contributed by atoms with Gasteiger partial charge in [-0.25, -0.2) is 0 Å². The van der Waals surface area contributed by atoms with E-state index in [0.717, 1.165) is 15.8 Å². The molecule has 0 unspecified atom stereocenters. The molecule has 14 heteroatoms. The zero-order valence-electron chi connectivity index (χ0n) is 20.2. The average molecular weight is 584 g/mol. The number of alkyl halides is 3. The molecule has 1 fully saturated rings. The summed E-state index contributed by atoms with van der Waals surface area (Å²) in [7, 11) is 0. The maximum Gasteiger partial charge on any atom is 0.433 e. The molecule has 1 amide bonds. The van der Waals surface area contributed by atoms with E-state index in [4.69, 9.17) is 23.2 Å². The van der Waals surface area contributed by atoms with E-state index >= 15 is 0 Å². The molecule has 9 nitrogen and oxygen atoms in total. The van der Waals surface area contributed by atoms with E-state index in [1.807, 2.05) is 0 Å². The van der Waals surface area contributed by atoms with Gasteiger partial charge in [0.25, 0.3) is 5.91 Å². The van der Waals surface area contributed by atoms with Gasteiger partial charge in [-0.3, -0.25) is 19.1 Å². The molecule has 0 saturated heterocycles. The molecule has 0 bridgehead atoms.